The lowest BCUT2D eigenvalue weighted by Crippen LogP contribution is -2.23. The van der Waals surface area contributed by atoms with Crippen molar-refractivity contribution in [2.45, 2.75) is 25.7 Å². The third-order valence-corrected chi connectivity index (χ3v) is 4.72. The number of aromatic amines is 1. The van der Waals surface area contributed by atoms with Gasteiger partial charge in [0, 0.05) is 29.3 Å². The van der Waals surface area contributed by atoms with Gasteiger partial charge in [0.15, 0.2) is 5.96 Å². The van der Waals surface area contributed by atoms with Crippen molar-refractivity contribution < 1.29 is 0 Å². The van der Waals surface area contributed by atoms with Crippen LogP contribution < -0.4 is 11.1 Å². The van der Waals surface area contributed by atoms with Crippen molar-refractivity contribution in [3.05, 3.63) is 65.4 Å². The van der Waals surface area contributed by atoms with Crippen LogP contribution in [0, 0.1) is 0 Å². The number of H-pyrrole nitrogens is 1. The molecule has 0 aliphatic heterocycles. The molecule has 0 radical (unpaired) electrons. The third-order valence-electron chi connectivity index (χ3n) is 4.72. The van der Waals surface area contributed by atoms with Crippen LogP contribution in [0.15, 0.2) is 53.7 Å². The summed E-state index contributed by atoms with van der Waals surface area (Å²) in [7, 11) is 0. The summed E-state index contributed by atoms with van der Waals surface area (Å²) >= 11 is 0. The molecule has 4 rings (SSSR count). The largest absolute Gasteiger partial charge is 0.370 e. The lowest BCUT2D eigenvalue weighted by Gasteiger charge is -2.08. The predicted molar refractivity (Wildman–Crippen MR) is 116 cm³/mol. The summed E-state index contributed by atoms with van der Waals surface area (Å²) in [6.07, 6.45) is 6.47. The molecule has 3 aromatic rings. The van der Waals surface area contributed by atoms with E-state index < -0.39 is 0 Å². The van der Waals surface area contributed by atoms with Crippen LogP contribution in [-0.4, -0.2) is 17.5 Å². The summed E-state index contributed by atoms with van der Waals surface area (Å²) in [5, 5.41) is 4.47. The Balaban J connectivity index is 0.00000182. The minimum atomic E-state index is 0. The summed E-state index contributed by atoms with van der Waals surface area (Å²) in [5.41, 5.74) is 12.4. The highest BCUT2D eigenvalue weighted by atomic mass is 127. The molecule has 0 bridgehead atoms. The summed E-state index contributed by atoms with van der Waals surface area (Å²) in [6.45, 7) is 0.675. The van der Waals surface area contributed by atoms with Crippen LogP contribution in [0.5, 0.6) is 0 Å². The van der Waals surface area contributed by atoms with Crippen molar-refractivity contribution in [3.63, 3.8) is 0 Å². The maximum atomic E-state index is 6.04. The summed E-state index contributed by atoms with van der Waals surface area (Å²) in [5.74, 6) is 0.481. The Morgan fingerprint density at radius 2 is 2.00 bits per heavy atom. The number of hydrogen-bond acceptors (Lipinski definition) is 1. The van der Waals surface area contributed by atoms with E-state index in [4.69, 9.17) is 5.73 Å². The lowest BCUT2D eigenvalue weighted by molar-refractivity contribution is 0.912. The number of aryl methyl sites for hydroxylation is 2. The zero-order valence-corrected chi connectivity index (χ0v) is 16.4. The fourth-order valence-corrected chi connectivity index (χ4v) is 3.50. The smallest absolute Gasteiger partial charge is 0.193 e. The molecular weight excluding hydrogens is 423 g/mol. The van der Waals surface area contributed by atoms with E-state index in [1.165, 1.54) is 46.9 Å². The molecule has 130 valence electrons. The molecule has 0 amide bonds. The first-order valence-corrected chi connectivity index (χ1v) is 8.53. The van der Waals surface area contributed by atoms with Crippen LogP contribution >= 0.6 is 24.0 Å². The second-order valence-electron chi connectivity index (χ2n) is 6.34. The number of nitrogens with one attached hydrogen (secondary N) is 2. The second kappa shape index (κ2) is 7.91. The van der Waals surface area contributed by atoms with Gasteiger partial charge in [-0.3, -0.25) is 4.99 Å². The fourth-order valence-electron chi connectivity index (χ4n) is 3.50. The van der Waals surface area contributed by atoms with Crippen molar-refractivity contribution >= 4 is 46.5 Å². The highest BCUT2D eigenvalue weighted by Gasteiger charge is 2.10. The minimum absolute atomic E-state index is 0. The Labute approximate surface area is 164 Å². The van der Waals surface area contributed by atoms with Crippen LogP contribution in [0.2, 0.25) is 0 Å². The van der Waals surface area contributed by atoms with Crippen molar-refractivity contribution in [3.8, 4) is 0 Å². The molecule has 0 atom stereocenters. The van der Waals surface area contributed by atoms with E-state index in [2.05, 4.69) is 57.8 Å². The number of nitrogens with zero attached hydrogens (tertiary/aromatic N) is 1. The third kappa shape index (κ3) is 3.98. The number of nitrogens with two attached hydrogens (primary N) is 1. The molecule has 0 saturated carbocycles. The Kier molecular flexibility index (Phi) is 5.63. The predicted octanol–water partition coefficient (Wildman–Crippen LogP) is 4.24. The lowest BCUT2D eigenvalue weighted by atomic mass is 10.1. The van der Waals surface area contributed by atoms with Crippen LogP contribution in [-0.2, 0) is 19.3 Å². The van der Waals surface area contributed by atoms with Gasteiger partial charge in [-0.1, -0.05) is 18.2 Å². The van der Waals surface area contributed by atoms with E-state index in [1.807, 2.05) is 6.20 Å². The quantitative estimate of drug-likeness (QED) is 0.319. The van der Waals surface area contributed by atoms with Gasteiger partial charge in [-0.2, -0.15) is 0 Å². The van der Waals surface area contributed by atoms with E-state index in [0.29, 0.717) is 12.5 Å². The van der Waals surface area contributed by atoms with Gasteiger partial charge < -0.3 is 16.0 Å². The molecule has 4 N–H and O–H groups in total. The molecule has 1 heterocycles. The van der Waals surface area contributed by atoms with Gasteiger partial charge in [0.1, 0.15) is 0 Å². The SMILES string of the molecule is I.NC(=NCCc1cccc2[nH]ccc12)Nc1ccc2c(c1)CCC2. The average Bonchev–Trinajstić information content (AvgIpc) is 3.23. The Morgan fingerprint density at radius 1 is 1.12 bits per heavy atom. The molecule has 4 nitrogen and oxygen atoms in total. The normalized spacial score (nSPS) is 13.5. The molecule has 25 heavy (non-hydrogen) atoms. The minimum Gasteiger partial charge on any atom is -0.370 e. The first kappa shape index (κ1) is 17.8. The van der Waals surface area contributed by atoms with E-state index >= 15 is 0 Å². The van der Waals surface area contributed by atoms with Crippen LogP contribution in [0.3, 0.4) is 0 Å². The number of aromatic nitrogens is 1. The Morgan fingerprint density at radius 3 is 2.92 bits per heavy atom. The van der Waals surface area contributed by atoms with Crippen molar-refractivity contribution in [2.75, 3.05) is 11.9 Å². The molecule has 0 fully saturated rings. The Hall–Kier alpha value is -2.02. The number of benzene rings is 2. The number of rotatable bonds is 4. The standard InChI is InChI=1S/C20H22N4.HI/c21-20(24-17-8-7-14-3-1-5-16(14)13-17)23-11-9-15-4-2-6-19-18(15)10-12-22-19;/h2,4,6-8,10,12-13,22H,1,3,5,9,11H2,(H3,21,23,24);1H. The van der Waals surface area contributed by atoms with Crippen LogP contribution in [0.1, 0.15) is 23.1 Å². The van der Waals surface area contributed by atoms with Crippen LogP contribution in [0.25, 0.3) is 10.9 Å². The van der Waals surface area contributed by atoms with Gasteiger partial charge in [0.2, 0.25) is 0 Å². The van der Waals surface area contributed by atoms with Crippen LogP contribution in [0.4, 0.5) is 5.69 Å². The average molecular weight is 446 g/mol. The molecule has 1 aliphatic rings. The van der Waals surface area contributed by atoms with Gasteiger partial charge in [-0.25, -0.2) is 0 Å². The van der Waals surface area contributed by atoms with E-state index in [-0.39, 0.29) is 24.0 Å². The van der Waals surface area contributed by atoms with Crippen molar-refractivity contribution in [2.24, 2.45) is 10.7 Å². The van der Waals surface area contributed by atoms with Gasteiger partial charge in [-0.05, 0) is 66.6 Å². The van der Waals surface area contributed by atoms with Gasteiger partial charge in [0.25, 0.3) is 0 Å². The number of anilines is 1. The summed E-state index contributed by atoms with van der Waals surface area (Å²) < 4.78 is 0. The van der Waals surface area contributed by atoms with E-state index in [1.54, 1.807) is 0 Å². The zero-order chi connectivity index (χ0) is 16.4. The number of aliphatic imine (C=N–C) groups is 1. The molecule has 0 saturated heterocycles. The van der Waals surface area contributed by atoms with Crippen molar-refractivity contribution in [1.82, 2.24) is 4.98 Å². The highest BCUT2D eigenvalue weighted by Crippen LogP contribution is 2.24. The molecular formula is C20H23IN4. The number of halogens is 1. The monoisotopic (exact) mass is 446 g/mol. The molecule has 5 heteroatoms. The van der Waals surface area contributed by atoms with Gasteiger partial charge in [-0.15, -0.1) is 24.0 Å². The van der Waals surface area contributed by atoms with Gasteiger partial charge >= 0.3 is 0 Å². The number of hydrogen-bond donors (Lipinski definition) is 3. The van der Waals surface area contributed by atoms with E-state index in [9.17, 15) is 0 Å². The zero-order valence-electron chi connectivity index (χ0n) is 14.1. The van der Waals surface area contributed by atoms with Crippen molar-refractivity contribution in [1.29, 1.82) is 0 Å². The Bertz CT molecular complexity index is 898. The molecule has 0 unspecified atom stereocenters. The molecule has 1 aliphatic carbocycles. The first-order valence-electron chi connectivity index (χ1n) is 8.53. The maximum absolute atomic E-state index is 6.04. The second-order valence-corrected chi connectivity index (χ2v) is 6.34. The topological polar surface area (TPSA) is 66.2 Å². The molecule has 0 spiro atoms. The number of fused-ring (bicyclic) bond motifs is 2. The molecule has 1 aromatic heterocycles. The number of guanidine groups is 1. The summed E-state index contributed by atoms with van der Waals surface area (Å²) in [4.78, 5) is 7.71. The van der Waals surface area contributed by atoms with E-state index in [0.717, 1.165) is 12.1 Å². The maximum Gasteiger partial charge on any atom is 0.193 e. The highest BCUT2D eigenvalue weighted by molar-refractivity contribution is 14.0. The first-order chi connectivity index (χ1) is 11.8. The molecule has 2 aromatic carbocycles. The summed E-state index contributed by atoms with van der Waals surface area (Å²) in [6, 6.07) is 14.9. The van der Waals surface area contributed by atoms with Gasteiger partial charge in [0.05, 0.1) is 0 Å². The fraction of sp³-hybridized carbons (Fsp3) is 0.250.